The van der Waals surface area contributed by atoms with Crippen molar-refractivity contribution in [2.24, 2.45) is 5.92 Å². The third-order valence-corrected chi connectivity index (χ3v) is 5.19. The second-order valence-electron chi connectivity index (χ2n) is 7.22. The van der Waals surface area contributed by atoms with Crippen LogP contribution in [0.2, 0.25) is 0 Å². The number of anilines is 1. The molecule has 4 rings (SSSR count). The van der Waals surface area contributed by atoms with Gasteiger partial charge in [0.1, 0.15) is 0 Å². The number of benzene rings is 3. The van der Waals surface area contributed by atoms with E-state index >= 15 is 0 Å². The van der Waals surface area contributed by atoms with Crippen molar-refractivity contribution >= 4 is 23.3 Å². The lowest BCUT2D eigenvalue weighted by molar-refractivity contribution is -0.147. The van der Waals surface area contributed by atoms with Gasteiger partial charge in [0, 0.05) is 24.2 Å². The maximum atomic E-state index is 12.4. The van der Waals surface area contributed by atoms with Gasteiger partial charge in [0.25, 0.3) is 0 Å². The Bertz CT molecular complexity index is 1050. The first-order chi connectivity index (χ1) is 14.6. The molecule has 0 aliphatic carbocycles. The number of rotatable bonds is 6. The highest BCUT2D eigenvalue weighted by atomic mass is 16.5. The Labute approximate surface area is 174 Å². The summed E-state index contributed by atoms with van der Waals surface area (Å²) in [6.07, 6.45) is 0.0910. The van der Waals surface area contributed by atoms with Crippen LogP contribution in [0, 0.1) is 5.92 Å². The molecule has 1 heterocycles. The fourth-order valence-corrected chi connectivity index (χ4v) is 3.54. The van der Waals surface area contributed by atoms with Gasteiger partial charge in [-0.2, -0.15) is 0 Å². The van der Waals surface area contributed by atoms with Crippen molar-refractivity contribution in [1.29, 1.82) is 0 Å². The van der Waals surface area contributed by atoms with E-state index in [-0.39, 0.29) is 31.3 Å². The molecule has 150 valence electrons. The topological polar surface area (TPSA) is 63.7 Å². The summed E-state index contributed by atoms with van der Waals surface area (Å²) in [5, 5.41) is 0. The molecule has 5 heteroatoms. The number of para-hydroxylation sites is 1. The first-order valence-corrected chi connectivity index (χ1v) is 9.82. The maximum Gasteiger partial charge on any atom is 0.311 e. The van der Waals surface area contributed by atoms with Crippen molar-refractivity contribution in [3.63, 3.8) is 0 Å². The molecule has 1 atom stereocenters. The molecule has 1 aliphatic heterocycles. The Kier molecular flexibility index (Phi) is 5.70. The quantitative estimate of drug-likeness (QED) is 0.462. The number of carbonyl (C=O) groups is 3. The highest BCUT2D eigenvalue weighted by molar-refractivity contribution is 6.01. The number of esters is 1. The molecule has 1 fully saturated rings. The molecule has 0 aromatic heterocycles. The lowest BCUT2D eigenvalue weighted by Gasteiger charge is -2.16. The van der Waals surface area contributed by atoms with Crippen LogP contribution in [-0.2, 0) is 14.3 Å². The third-order valence-electron chi connectivity index (χ3n) is 5.19. The number of carbonyl (C=O) groups excluding carboxylic acids is 3. The Hall–Kier alpha value is -3.73. The lowest BCUT2D eigenvalue weighted by Crippen LogP contribution is -2.27. The Morgan fingerprint density at radius 3 is 2.10 bits per heavy atom. The van der Waals surface area contributed by atoms with Crippen LogP contribution in [0.5, 0.6) is 0 Å². The van der Waals surface area contributed by atoms with Crippen LogP contribution < -0.4 is 4.90 Å². The minimum absolute atomic E-state index is 0.0910. The van der Waals surface area contributed by atoms with E-state index in [9.17, 15) is 14.4 Å². The molecular weight excluding hydrogens is 378 g/mol. The molecule has 0 N–H and O–H groups in total. The zero-order valence-electron chi connectivity index (χ0n) is 16.4. The fraction of sp³-hybridized carbons (Fsp3) is 0.160. The third kappa shape index (κ3) is 4.30. The molecule has 1 aliphatic rings. The molecule has 0 bridgehead atoms. The number of amides is 1. The zero-order valence-corrected chi connectivity index (χ0v) is 16.4. The second kappa shape index (κ2) is 8.74. The number of ketones is 1. The minimum Gasteiger partial charge on any atom is -0.457 e. The Morgan fingerprint density at radius 2 is 1.43 bits per heavy atom. The molecule has 1 saturated heterocycles. The molecule has 30 heavy (non-hydrogen) atoms. The highest BCUT2D eigenvalue weighted by Gasteiger charge is 2.36. The largest absolute Gasteiger partial charge is 0.457 e. The van der Waals surface area contributed by atoms with E-state index in [2.05, 4.69) is 0 Å². The Balaban J connectivity index is 1.33. The van der Waals surface area contributed by atoms with Gasteiger partial charge >= 0.3 is 5.97 Å². The molecular formula is C25H21NO4. The van der Waals surface area contributed by atoms with Crippen LogP contribution in [0.15, 0.2) is 84.9 Å². The van der Waals surface area contributed by atoms with Crippen molar-refractivity contribution in [3.05, 3.63) is 90.5 Å². The second-order valence-corrected chi connectivity index (χ2v) is 7.22. The number of ether oxygens (including phenoxy) is 1. The summed E-state index contributed by atoms with van der Waals surface area (Å²) in [6, 6.07) is 26.3. The highest BCUT2D eigenvalue weighted by Crippen LogP contribution is 2.25. The zero-order chi connectivity index (χ0) is 20.9. The SMILES string of the molecule is O=C(COC(=O)C1CC(=O)N(c2ccccc2)C1)c1ccc(-c2ccccc2)cc1. The van der Waals surface area contributed by atoms with Gasteiger partial charge < -0.3 is 9.64 Å². The molecule has 1 unspecified atom stereocenters. The van der Waals surface area contributed by atoms with E-state index in [0.29, 0.717) is 5.56 Å². The normalized spacial score (nSPS) is 15.8. The van der Waals surface area contributed by atoms with Gasteiger partial charge in [-0.25, -0.2) is 0 Å². The molecule has 0 spiro atoms. The number of hydrogen-bond donors (Lipinski definition) is 0. The van der Waals surface area contributed by atoms with E-state index in [1.165, 1.54) is 0 Å². The van der Waals surface area contributed by atoms with E-state index in [4.69, 9.17) is 4.74 Å². The summed E-state index contributed by atoms with van der Waals surface area (Å²) in [5.41, 5.74) is 3.31. The summed E-state index contributed by atoms with van der Waals surface area (Å²) >= 11 is 0. The molecule has 3 aromatic rings. The molecule has 1 amide bonds. The van der Waals surface area contributed by atoms with E-state index in [0.717, 1.165) is 16.8 Å². The average Bonchev–Trinajstić information content (AvgIpc) is 3.20. The van der Waals surface area contributed by atoms with E-state index in [1.807, 2.05) is 72.8 Å². The molecule has 5 nitrogen and oxygen atoms in total. The number of Topliss-reactive ketones (excluding diaryl/α,β-unsaturated/α-hetero) is 1. The molecule has 3 aromatic carbocycles. The van der Waals surface area contributed by atoms with Gasteiger partial charge in [-0.05, 0) is 23.3 Å². The predicted molar refractivity (Wildman–Crippen MR) is 114 cm³/mol. The number of nitrogens with zero attached hydrogens (tertiary/aromatic N) is 1. The van der Waals surface area contributed by atoms with Gasteiger partial charge in [-0.3, -0.25) is 14.4 Å². The van der Waals surface area contributed by atoms with Gasteiger partial charge in [0.05, 0.1) is 5.92 Å². The summed E-state index contributed by atoms with van der Waals surface area (Å²) in [6.45, 7) is -0.0683. The first-order valence-electron chi connectivity index (χ1n) is 9.82. The van der Waals surface area contributed by atoms with Crippen molar-refractivity contribution in [3.8, 4) is 11.1 Å². The van der Waals surface area contributed by atoms with Crippen molar-refractivity contribution < 1.29 is 19.1 Å². The van der Waals surface area contributed by atoms with Crippen molar-refractivity contribution in [1.82, 2.24) is 0 Å². The summed E-state index contributed by atoms with van der Waals surface area (Å²) in [5.74, 6) is -1.47. The fourth-order valence-electron chi connectivity index (χ4n) is 3.54. The minimum atomic E-state index is -0.564. The summed E-state index contributed by atoms with van der Waals surface area (Å²) in [7, 11) is 0. The van der Waals surface area contributed by atoms with Gasteiger partial charge in [0.2, 0.25) is 5.91 Å². The van der Waals surface area contributed by atoms with Gasteiger partial charge in [-0.1, -0.05) is 72.8 Å². The van der Waals surface area contributed by atoms with Crippen LogP contribution >= 0.6 is 0 Å². The molecule has 0 radical (unpaired) electrons. The van der Waals surface area contributed by atoms with Crippen LogP contribution in [0.4, 0.5) is 5.69 Å². The Morgan fingerprint density at radius 1 is 0.833 bits per heavy atom. The van der Waals surface area contributed by atoms with Crippen LogP contribution in [0.25, 0.3) is 11.1 Å². The lowest BCUT2D eigenvalue weighted by atomic mass is 10.0. The van der Waals surface area contributed by atoms with E-state index in [1.54, 1.807) is 17.0 Å². The average molecular weight is 399 g/mol. The van der Waals surface area contributed by atoms with Crippen molar-refractivity contribution in [2.45, 2.75) is 6.42 Å². The smallest absolute Gasteiger partial charge is 0.311 e. The van der Waals surface area contributed by atoms with E-state index < -0.39 is 11.9 Å². The number of hydrogen-bond acceptors (Lipinski definition) is 4. The van der Waals surface area contributed by atoms with Crippen LogP contribution in [0.3, 0.4) is 0 Å². The van der Waals surface area contributed by atoms with Gasteiger partial charge in [0.15, 0.2) is 12.4 Å². The predicted octanol–water partition coefficient (Wildman–Crippen LogP) is 4.13. The van der Waals surface area contributed by atoms with Crippen LogP contribution in [-0.4, -0.2) is 30.8 Å². The molecule has 0 saturated carbocycles. The standard InChI is InChI=1S/C25H21NO4/c27-23(20-13-11-19(12-14-20)18-7-3-1-4-8-18)17-30-25(29)21-15-24(28)26(16-21)22-9-5-2-6-10-22/h1-14,21H,15-17H2. The maximum absolute atomic E-state index is 12.4. The van der Waals surface area contributed by atoms with Gasteiger partial charge in [-0.15, -0.1) is 0 Å². The first kappa shape index (κ1) is 19.6. The van der Waals surface area contributed by atoms with Crippen molar-refractivity contribution in [2.75, 3.05) is 18.1 Å². The summed E-state index contributed by atoms with van der Waals surface area (Å²) in [4.78, 5) is 38.6. The van der Waals surface area contributed by atoms with Crippen LogP contribution in [0.1, 0.15) is 16.8 Å². The summed E-state index contributed by atoms with van der Waals surface area (Å²) < 4.78 is 5.22. The monoisotopic (exact) mass is 399 g/mol.